The fourth-order valence-corrected chi connectivity index (χ4v) is 5.02. The summed E-state index contributed by atoms with van der Waals surface area (Å²) in [6, 6.07) is 18.9. The molecule has 208 valence electrons. The van der Waals surface area contributed by atoms with Gasteiger partial charge in [0, 0.05) is 12.1 Å². The topological polar surface area (TPSA) is 94.5 Å². The lowest BCUT2D eigenvalue weighted by molar-refractivity contribution is -0.140. The summed E-state index contributed by atoms with van der Waals surface area (Å²) >= 11 is 0. The second-order valence-electron chi connectivity index (χ2n) is 9.74. The van der Waals surface area contributed by atoms with Crippen molar-refractivity contribution in [2.24, 2.45) is 0 Å². The van der Waals surface area contributed by atoms with E-state index in [9.17, 15) is 14.7 Å². The molecule has 0 aliphatic carbocycles. The molecule has 3 aromatic rings. The quantitative estimate of drug-likeness (QED) is 0.153. The number of methoxy groups -OCH3 is 1. The van der Waals surface area contributed by atoms with Crippen LogP contribution in [0.5, 0.6) is 23.0 Å². The minimum absolute atomic E-state index is 0.00345. The highest BCUT2D eigenvalue weighted by Gasteiger charge is 2.46. The van der Waals surface area contributed by atoms with Gasteiger partial charge in [-0.25, -0.2) is 0 Å². The highest BCUT2D eigenvalue weighted by Crippen LogP contribution is 2.43. The molecule has 5 rings (SSSR count). The number of unbranched alkanes of at least 4 members (excludes halogenated alkanes) is 2. The molecule has 1 fully saturated rings. The highest BCUT2D eigenvalue weighted by molar-refractivity contribution is 6.46. The van der Waals surface area contributed by atoms with Crippen molar-refractivity contribution in [2.45, 2.75) is 38.8 Å². The van der Waals surface area contributed by atoms with E-state index in [2.05, 4.69) is 6.92 Å². The van der Waals surface area contributed by atoms with Gasteiger partial charge in [0.05, 0.1) is 25.3 Å². The van der Waals surface area contributed by atoms with Crippen molar-refractivity contribution in [1.82, 2.24) is 4.90 Å². The number of aliphatic hydroxyl groups excluding tert-OH is 1. The Balaban J connectivity index is 1.58. The molecule has 0 aromatic heterocycles. The van der Waals surface area contributed by atoms with Crippen LogP contribution in [0.25, 0.3) is 5.76 Å². The van der Waals surface area contributed by atoms with Crippen LogP contribution in [0.2, 0.25) is 0 Å². The number of carbonyl (C=O) groups is 2. The number of likely N-dealkylation sites (tertiary alicyclic amines) is 1. The maximum absolute atomic E-state index is 13.5. The molecule has 0 bridgehead atoms. The Kier molecular flexibility index (Phi) is 8.24. The van der Waals surface area contributed by atoms with Crippen molar-refractivity contribution < 1.29 is 33.6 Å². The van der Waals surface area contributed by atoms with Gasteiger partial charge in [0.2, 0.25) is 0 Å². The summed E-state index contributed by atoms with van der Waals surface area (Å²) in [4.78, 5) is 28.4. The predicted octanol–water partition coefficient (Wildman–Crippen LogP) is 5.66. The molecule has 0 spiro atoms. The Morgan fingerprint density at radius 3 is 2.48 bits per heavy atom. The fourth-order valence-electron chi connectivity index (χ4n) is 5.02. The lowest BCUT2D eigenvalue weighted by Crippen LogP contribution is -2.29. The largest absolute Gasteiger partial charge is 0.507 e. The Labute approximate surface area is 233 Å². The van der Waals surface area contributed by atoms with E-state index in [0.717, 1.165) is 24.8 Å². The van der Waals surface area contributed by atoms with Gasteiger partial charge >= 0.3 is 0 Å². The number of hydrogen-bond acceptors (Lipinski definition) is 7. The molecule has 1 amide bonds. The highest BCUT2D eigenvalue weighted by atomic mass is 16.6. The van der Waals surface area contributed by atoms with Gasteiger partial charge < -0.3 is 29.0 Å². The molecule has 2 aliphatic heterocycles. The normalized spacial score (nSPS) is 17.6. The third-order valence-electron chi connectivity index (χ3n) is 7.06. The first-order valence-electron chi connectivity index (χ1n) is 13.5. The molecule has 40 heavy (non-hydrogen) atoms. The minimum atomic E-state index is -0.851. The van der Waals surface area contributed by atoms with E-state index in [1.165, 1.54) is 4.90 Å². The van der Waals surface area contributed by atoms with Crippen LogP contribution in [0.4, 0.5) is 0 Å². The number of ether oxygens (including phenoxy) is 4. The summed E-state index contributed by atoms with van der Waals surface area (Å²) in [6.07, 6.45) is 3.07. The number of hydrogen-bond donors (Lipinski definition) is 1. The van der Waals surface area contributed by atoms with Gasteiger partial charge in [-0.05, 0) is 47.9 Å². The second kappa shape index (κ2) is 12.2. The third-order valence-corrected chi connectivity index (χ3v) is 7.06. The smallest absolute Gasteiger partial charge is 0.295 e. The Hall–Kier alpha value is -4.46. The van der Waals surface area contributed by atoms with Gasteiger partial charge in [0.1, 0.15) is 19.0 Å². The van der Waals surface area contributed by atoms with Crippen molar-refractivity contribution in [2.75, 3.05) is 26.9 Å². The standard InChI is InChI=1S/C32H33NO7/c1-3-4-8-15-38-24-13-11-22(18-26(24)37-2)29-28(30(34)23-12-14-25-27(19-23)40-17-16-39-25)31(35)32(36)33(29)20-21-9-6-5-7-10-21/h5-7,9-14,18-19,29,34H,3-4,8,15-17,20H2,1-2H3/b30-28+. The van der Waals surface area contributed by atoms with Crippen molar-refractivity contribution in [3.05, 3.63) is 89.0 Å². The molecule has 8 nitrogen and oxygen atoms in total. The molecule has 0 saturated carbocycles. The second-order valence-corrected chi connectivity index (χ2v) is 9.74. The molecule has 1 unspecified atom stereocenters. The van der Waals surface area contributed by atoms with Crippen molar-refractivity contribution in [1.29, 1.82) is 0 Å². The molecule has 1 N–H and O–H groups in total. The maximum Gasteiger partial charge on any atom is 0.295 e. The van der Waals surface area contributed by atoms with E-state index in [1.54, 1.807) is 37.4 Å². The number of ketones is 1. The lowest BCUT2D eigenvalue weighted by atomic mass is 9.94. The maximum atomic E-state index is 13.5. The molecule has 0 radical (unpaired) electrons. The zero-order valence-corrected chi connectivity index (χ0v) is 22.7. The van der Waals surface area contributed by atoms with Crippen LogP contribution in [0.3, 0.4) is 0 Å². The third kappa shape index (κ3) is 5.47. The van der Waals surface area contributed by atoms with Crippen molar-refractivity contribution in [3.63, 3.8) is 0 Å². The van der Waals surface area contributed by atoms with Crippen LogP contribution in [0.15, 0.2) is 72.3 Å². The van der Waals surface area contributed by atoms with Gasteiger partial charge in [-0.1, -0.05) is 56.2 Å². The summed E-state index contributed by atoms with van der Waals surface area (Å²) in [6.45, 7) is 3.69. The molecule has 2 aliphatic rings. The fraction of sp³-hybridized carbons (Fsp3) is 0.312. The van der Waals surface area contributed by atoms with Gasteiger partial charge in [-0.15, -0.1) is 0 Å². The van der Waals surface area contributed by atoms with Crippen molar-refractivity contribution >= 4 is 17.4 Å². The first-order valence-corrected chi connectivity index (χ1v) is 13.5. The van der Waals surface area contributed by atoms with E-state index in [1.807, 2.05) is 36.4 Å². The van der Waals surface area contributed by atoms with E-state index in [4.69, 9.17) is 18.9 Å². The van der Waals surface area contributed by atoms with E-state index in [-0.39, 0.29) is 17.9 Å². The average Bonchev–Trinajstić information content (AvgIpc) is 3.24. The molecule has 3 aromatic carbocycles. The summed E-state index contributed by atoms with van der Waals surface area (Å²) in [5.41, 5.74) is 1.83. The number of carbonyl (C=O) groups excluding carboxylic acids is 2. The lowest BCUT2D eigenvalue weighted by Gasteiger charge is -2.26. The van der Waals surface area contributed by atoms with Crippen LogP contribution in [-0.2, 0) is 16.1 Å². The van der Waals surface area contributed by atoms with Crippen LogP contribution in [0, 0.1) is 0 Å². The van der Waals surface area contributed by atoms with Gasteiger partial charge in [0.25, 0.3) is 11.7 Å². The van der Waals surface area contributed by atoms with Crippen LogP contribution >= 0.6 is 0 Å². The summed E-state index contributed by atoms with van der Waals surface area (Å²) in [7, 11) is 1.55. The first-order chi connectivity index (χ1) is 19.5. The molecule has 1 atom stereocenters. The number of fused-ring (bicyclic) bond motifs is 1. The SMILES string of the molecule is CCCCCOc1ccc(C2/C(=C(\O)c3ccc4c(c3)OCCO4)C(=O)C(=O)N2Cc2ccccc2)cc1OC. The summed E-state index contributed by atoms with van der Waals surface area (Å²) < 4.78 is 22.9. The average molecular weight is 544 g/mol. The number of Topliss-reactive ketones (excluding diaryl/α,β-unsaturated/α-hetero) is 1. The summed E-state index contributed by atoms with van der Waals surface area (Å²) in [5, 5.41) is 11.5. The number of benzene rings is 3. The summed E-state index contributed by atoms with van der Waals surface area (Å²) in [5.74, 6) is 0.362. The zero-order valence-electron chi connectivity index (χ0n) is 22.7. The molecule has 2 heterocycles. The minimum Gasteiger partial charge on any atom is -0.507 e. The van der Waals surface area contributed by atoms with E-state index in [0.29, 0.717) is 53.9 Å². The van der Waals surface area contributed by atoms with E-state index < -0.39 is 17.7 Å². The molecule has 1 saturated heterocycles. The monoisotopic (exact) mass is 543 g/mol. The van der Waals surface area contributed by atoms with Crippen LogP contribution < -0.4 is 18.9 Å². The Morgan fingerprint density at radius 1 is 0.950 bits per heavy atom. The number of amides is 1. The van der Waals surface area contributed by atoms with Gasteiger partial charge in [-0.2, -0.15) is 0 Å². The zero-order chi connectivity index (χ0) is 28.1. The van der Waals surface area contributed by atoms with Crippen LogP contribution in [0.1, 0.15) is 48.9 Å². The number of nitrogens with zero attached hydrogens (tertiary/aromatic N) is 1. The number of aliphatic hydroxyl groups is 1. The van der Waals surface area contributed by atoms with Crippen LogP contribution in [-0.4, -0.2) is 48.6 Å². The molecular weight excluding hydrogens is 510 g/mol. The Morgan fingerprint density at radius 2 is 1.73 bits per heavy atom. The molecule has 8 heteroatoms. The number of rotatable bonds is 10. The Bertz CT molecular complexity index is 1420. The van der Waals surface area contributed by atoms with E-state index >= 15 is 0 Å². The van der Waals surface area contributed by atoms with Gasteiger partial charge in [0.15, 0.2) is 23.0 Å². The van der Waals surface area contributed by atoms with Crippen molar-refractivity contribution in [3.8, 4) is 23.0 Å². The van der Waals surface area contributed by atoms with Gasteiger partial charge in [-0.3, -0.25) is 9.59 Å². The first kappa shape index (κ1) is 27.1. The predicted molar refractivity (Wildman–Crippen MR) is 150 cm³/mol. The molecular formula is C32H33NO7.